The Morgan fingerprint density at radius 1 is 1.12 bits per heavy atom. The third-order valence-corrected chi connectivity index (χ3v) is 5.03. The number of hydrogen-bond acceptors (Lipinski definition) is 2. The van der Waals surface area contributed by atoms with Crippen molar-refractivity contribution < 1.29 is 14.5 Å². The van der Waals surface area contributed by atoms with Crippen LogP contribution in [0, 0.1) is 0 Å². The minimum Gasteiger partial charge on any atom is -0.338 e. The van der Waals surface area contributed by atoms with Gasteiger partial charge in [-0.15, -0.1) is 0 Å². The Balaban J connectivity index is 1.62. The van der Waals surface area contributed by atoms with E-state index in [0.717, 1.165) is 47.3 Å². The first-order valence-corrected chi connectivity index (χ1v) is 8.95. The zero-order valence-corrected chi connectivity index (χ0v) is 14.9. The first kappa shape index (κ1) is 17.4. The Labute approximate surface area is 148 Å². The van der Waals surface area contributed by atoms with Crippen LogP contribution >= 0.6 is 0 Å². The van der Waals surface area contributed by atoms with Gasteiger partial charge in [-0.2, -0.15) is 0 Å². The summed E-state index contributed by atoms with van der Waals surface area (Å²) in [5.41, 5.74) is 0.814. The van der Waals surface area contributed by atoms with Crippen molar-refractivity contribution in [2.75, 3.05) is 32.0 Å². The molecule has 2 amide bonds. The minimum absolute atomic E-state index is 0.0741. The van der Waals surface area contributed by atoms with Gasteiger partial charge in [0.25, 0.3) is 11.8 Å². The van der Waals surface area contributed by atoms with E-state index < -0.39 is 0 Å². The molecular weight excluding hydrogens is 314 g/mol. The van der Waals surface area contributed by atoms with Gasteiger partial charge in [-0.1, -0.05) is 36.4 Å². The Hall–Kier alpha value is -2.40. The summed E-state index contributed by atoms with van der Waals surface area (Å²) in [5, 5.41) is 5.12. The monoisotopic (exact) mass is 340 g/mol. The van der Waals surface area contributed by atoms with Gasteiger partial charge in [-0.25, -0.2) is 0 Å². The highest BCUT2D eigenvalue weighted by Crippen LogP contribution is 2.22. The lowest BCUT2D eigenvalue weighted by Gasteiger charge is -2.25. The first-order valence-electron chi connectivity index (χ1n) is 8.95. The molecule has 0 radical (unpaired) electrons. The number of nitrogens with zero attached hydrogens (tertiary/aromatic N) is 1. The molecule has 0 bridgehead atoms. The quantitative estimate of drug-likeness (QED) is 0.862. The third kappa shape index (κ3) is 3.99. The minimum atomic E-state index is -0.212. The number of nitrogens with one attached hydrogen (secondary N) is 2. The number of likely N-dealkylation sites (tertiary alicyclic amines) is 1. The maximum atomic E-state index is 12.5. The number of fused-ring (bicyclic) bond motifs is 1. The molecule has 1 fully saturated rings. The van der Waals surface area contributed by atoms with Crippen molar-refractivity contribution in [1.82, 2.24) is 4.90 Å². The number of carbonyl (C=O) groups is 2. The zero-order chi connectivity index (χ0) is 17.8. The fraction of sp³-hybridized carbons (Fsp3) is 0.400. The standard InChI is InChI=1S/C20H25N3O2/c1-15(20(25)23-12-5-6-13-23)22(2)14-19(24)21-18-11-7-9-16-8-3-4-10-17(16)18/h3-4,7-11,15H,5-6,12-14H2,1-2H3,(H,21,24)/p+1/t15-/m1/s1. The van der Waals surface area contributed by atoms with Gasteiger partial charge < -0.3 is 15.1 Å². The van der Waals surface area contributed by atoms with Crippen molar-refractivity contribution in [3.8, 4) is 0 Å². The summed E-state index contributed by atoms with van der Waals surface area (Å²) in [4.78, 5) is 27.8. The molecule has 132 valence electrons. The molecule has 2 aromatic rings. The third-order valence-electron chi connectivity index (χ3n) is 5.03. The molecule has 0 saturated carbocycles. The molecule has 2 N–H and O–H groups in total. The summed E-state index contributed by atoms with van der Waals surface area (Å²) >= 11 is 0. The maximum absolute atomic E-state index is 12.5. The Morgan fingerprint density at radius 2 is 1.80 bits per heavy atom. The summed E-state index contributed by atoms with van der Waals surface area (Å²) in [7, 11) is 1.90. The molecule has 1 unspecified atom stereocenters. The van der Waals surface area contributed by atoms with Crippen molar-refractivity contribution in [3.05, 3.63) is 42.5 Å². The van der Waals surface area contributed by atoms with Crippen LogP contribution in [-0.4, -0.2) is 49.4 Å². The van der Waals surface area contributed by atoms with E-state index in [4.69, 9.17) is 0 Å². The van der Waals surface area contributed by atoms with Gasteiger partial charge in [0, 0.05) is 24.2 Å². The molecule has 1 saturated heterocycles. The molecule has 5 heteroatoms. The number of likely N-dealkylation sites (N-methyl/N-ethyl adjacent to an activating group) is 1. The molecule has 3 rings (SSSR count). The fourth-order valence-corrected chi connectivity index (χ4v) is 3.36. The SMILES string of the molecule is C[C@H](C(=O)N1CCCC1)[NH+](C)CC(=O)Nc1cccc2ccccc12. The number of benzene rings is 2. The van der Waals surface area contributed by atoms with Gasteiger partial charge in [0.2, 0.25) is 0 Å². The van der Waals surface area contributed by atoms with Crippen molar-refractivity contribution in [1.29, 1.82) is 0 Å². The largest absolute Gasteiger partial charge is 0.338 e. The molecule has 25 heavy (non-hydrogen) atoms. The second kappa shape index (κ2) is 7.66. The van der Waals surface area contributed by atoms with Gasteiger partial charge in [-0.05, 0) is 31.2 Å². The van der Waals surface area contributed by atoms with Crippen molar-refractivity contribution in [3.63, 3.8) is 0 Å². The lowest BCUT2D eigenvalue weighted by atomic mass is 10.1. The van der Waals surface area contributed by atoms with Crippen LogP contribution < -0.4 is 10.2 Å². The van der Waals surface area contributed by atoms with E-state index in [9.17, 15) is 9.59 Å². The second-order valence-corrected chi connectivity index (χ2v) is 6.85. The van der Waals surface area contributed by atoms with Crippen molar-refractivity contribution >= 4 is 28.3 Å². The summed E-state index contributed by atoms with van der Waals surface area (Å²) in [5.74, 6) is 0.0721. The van der Waals surface area contributed by atoms with Crippen LogP contribution in [0.3, 0.4) is 0 Å². The van der Waals surface area contributed by atoms with Crippen LogP contribution in [0.2, 0.25) is 0 Å². The van der Waals surface area contributed by atoms with E-state index in [1.165, 1.54) is 0 Å². The summed E-state index contributed by atoms with van der Waals surface area (Å²) < 4.78 is 0. The zero-order valence-electron chi connectivity index (χ0n) is 14.9. The number of hydrogen-bond donors (Lipinski definition) is 2. The molecule has 5 nitrogen and oxygen atoms in total. The average Bonchev–Trinajstić information content (AvgIpc) is 3.15. The summed E-state index contributed by atoms with van der Waals surface area (Å²) in [6, 6.07) is 13.6. The average molecular weight is 340 g/mol. The van der Waals surface area contributed by atoms with Crippen LogP contribution in [0.25, 0.3) is 10.8 Å². The molecule has 2 atom stereocenters. The number of quaternary nitrogens is 1. The van der Waals surface area contributed by atoms with Crippen LogP contribution in [0.15, 0.2) is 42.5 Å². The topological polar surface area (TPSA) is 53.9 Å². The Kier molecular flexibility index (Phi) is 5.34. The lowest BCUT2D eigenvalue weighted by molar-refractivity contribution is -0.886. The maximum Gasteiger partial charge on any atom is 0.280 e. The van der Waals surface area contributed by atoms with Gasteiger partial charge in [0.1, 0.15) is 0 Å². The predicted molar refractivity (Wildman–Crippen MR) is 99.6 cm³/mol. The first-order chi connectivity index (χ1) is 12.1. The van der Waals surface area contributed by atoms with Crippen molar-refractivity contribution in [2.45, 2.75) is 25.8 Å². The molecular formula is C20H26N3O2+. The van der Waals surface area contributed by atoms with Gasteiger partial charge >= 0.3 is 0 Å². The molecule has 1 aliphatic rings. The molecule has 0 aromatic heterocycles. The Morgan fingerprint density at radius 3 is 2.56 bits per heavy atom. The highest BCUT2D eigenvalue weighted by Gasteiger charge is 2.29. The lowest BCUT2D eigenvalue weighted by Crippen LogP contribution is -3.15. The van der Waals surface area contributed by atoms with Crippen LogP contribution in [-0.2, 0) is 9.59 Å². The normalized spacial score (nSPS) is 16.6. The van der Waals surface area contributed by atoms with E-state index in [0.29, 0.717) is 0 Å². The highest BCUT2D eigenvalue weighted by molar-refractivity contribution is 6.02. The number of anilines is 1. The second-order valence-electron chi connectivity index (χ2n) is 6.85. The summed E-state index contributed by atoms with van der Waals surface area (Å²) in [6.45, 7) is 3.86. The van der Waals surface area contributed by atoms with Crippen LogP contribution in [0.4, 0.5) is 5.69 Å². The number of rotatable bonds is 5. The van der Waals surface area contributed by atoms with Crippen molar-refractivity contribution in [2.24, 2.45) is 0 Å². The molecule has 0 aliphatic carbocycles. The van der Waals surface area contributed by atoms with Gasteiger partial charge in [0.05, 0.1) is 7.05 Å². The molecule has 1 aliphatic heterocycles. The Bertz CT molecular complexity index is 763. The number of carbonyl (C=O) groups excluding carboxylic acids is 2. The van der Waals surface area contributed by atoms with E-state index in [1.807, 2.05) is 61.3 Å². The fourth-order valence-electron chi connectivity index (χ4n) is 3.36. The van der Waals surface area contributed by atoms with Gasteiger partial charge in [0.15, 0.2) is 12.6 Å². The predicted octanol–water partition coefficient (Wildman–Crippen LogP) is 1.30. The van der Waals surface area contributed by atoms with Crippen LogP contribution in [0.5, 0.6) is 0 Å². The summed E-state index contributed by atoms with van der Waals surface area (Å²) in [6.07, 6.45) is 2.16. The van der Waals surface area contributed by atoms with E-state index in [-0.39, 0.29) is 24.4 Å². The van der Waals surface area contributed by atoms with E-state index >= 15 is 0 Å². The van der Waals surface area contributed by atoms with E-state index in [1.54, 1.807) is 0 Å². The van der Waals surface area contributed by atoms with Gasteiger partial charge in [-0.3, -0.25) is 9.59 Å². The molecule has 2 aromatic carbocycles. The number of amides is 2. The molecule has 0 spiro atoms. The smallest absolute Gasteiger partial charge is 0.280 e. The van der Waals surface area contributed by atoms with Crippen LogP contribution in [0.1, 0.15) is 19.8 Å². The van der Waals surface area contributed by atoms with E-state index in [2.05, 4.69) is 5.32 Å². The highest BCUT2D eigenvalue weighted by atomic mass is 16.2. The molecule has 1 heterocycles.